The summed E-state index contributed by atoms with van der Waals surface area (Å²) in [4.78, 5) is 11.6. The minimum Gasteiger partial charge on any atom is -0.478 e. The molecule has 11 heavy (non-hydrogen) atoms. The minimum atomic E-state index is -1.00. The Kier molecular flexibility index (Phi) is 6.10. The molecule has 0 radical (unpaired) electrons. The summed E-state index contributed by atoms with van der Waals surface area (Å²) in [6, 6.07) is 0. The molecule has 0 aromatic rings. The first-order chi connectivity index (χ1) is 5.22. The quantitative estimate of drug-likeness (QED) is 0.430. The van der Waals surface area contributed by atoms with Gasteiger partial charge in [-0.2, -0.15) is 0 Å². The number of aliphatic carboxylic acids is 1. The van der Waals surface area contributed by atoms with E-state index in [1.165, 1.54) is 12.1 Å². The van der Waals surface area contributed by atoms with E-state index in [1.807, 2.05) is 0 Å². The van der Waals surface area contributed by atoms with Gasteiger partial charge >= 0.3 is 5.97 Å². The second kappa shape index (κ2) is 6.33. The van der Waals surface area contributed by atoms with Crippen molar-refractivity contribution in [2.75, 3.05) is 20.5 Å². The lowest BCUT2D eigenvalue weighted by Gasteiger charge is -2.01. The zero-order valence-electron chi connectivity index (χ0n) is 6.04. The zero-order chi connectivity index (χ0) is 8.69. The van der Waals surface area contributed by atoms with Crippen LogP contribution in [0.5, 0.6) is 0 Å². The van der Waals surface area contributed by atoms with Gasteiger partial charge in [-0.25, -0.2) is 4.79 Å². The van der Waals surface area contributed by atoms with Crippen molar-refractivity contribution < 1.29 is 19.4 Å². The SMILES string of the molecule is COCOC/C(=C\Br)C(=O)O. The largest absolute Gasteiger partial charge is 0.478 e. The van der Waals surface area contributed by atoms with Crippen LogP contribution in [-0.4, -0.2) is 31.6 Å². The van der Waals surface area contributed by atoms with Crippen LogP contribution < -0.4 is 0 Å². The first kappa shape index (κ1) is 10.6. The third-order valence-electron chi connectivity index (χ3n) is 0.865. The molecular formula is C6H9BrO4. The van der Waals surface area contributed by atoms with Gasteiger partial charge in [0.2, 0.25) is 0 Å². The van der Waals surface area contributed by atoms with Gasteiger partial charge in [0, 0.05) is 7.11 Å². The van der Waals surface area contributed by atoms with E-state index in [1.54, 1.807) is 0 Å². The third kappa shape index (κ3) is 4.94. The van der Waals surface area contributed by atoms with E-state index in [0.717, 1.165) is 0 Å². The molecule has 0 unspecified atom stereocenters. The summed E-state index contributed by atoms with van der Waals surface area (Å²) in [6.07, 6.45) is 0. The van der Waals surface area contributed by atoms with Crippen LogP contribution in [0.2, 0.25) is 0 Å². The van der Waals surface area contributed by atoms with Crippen molar-refractivity contribution in [1.82, 2.24) is 0 Å². The topological polar surface area (TPSA) is 55.8 Å². The highest BCUT2D eigenvalue weighted by Gasteiger charge is 2.05. The van der Waals surface area contributed by atoms with Gasteiger partial charge in [0.15, 0.2) is 0 Å². The predicted octanol–water partition coefficient (Wildman–Crippen LogP) is 0.970. The molecule has 0 atom stereocenters. The molecule has 4 nitrogen and oxygen atoms in total. The number of hydrogen-bond donors (Lipinski definition) is 1. The normalized spacial score (nSPS) is 11.6. The fourth-order valence-corrected chi connectivity index (χ4v) is 0.703. The average molecular weight is 225 g/mol. The zero-order valence-corrected chi connectivity index (χ0v) is 7.63. The van der Waals surface area contributed by atoms with Crippen molar-refractivity contribution in [3.63, 3.8) is 0 Å². The fraction of sp³-hybridized carbons (Fsp3) is 0.500. The number of methoxy groups -OCH3 is 1. The second-order valence-electron chi connectivity index (χ2n) is 1.69. The summed E-state index contributed by atoms with van der Waals surface area (Å²) >= 11 is 2.90. The number of halogens is 1. The van der Waals surface area contributed by atoms with Crippen LogP contribution in [0.15, 0.2) is 10.6 Å². The third-order valence-corrected chi connectivity index (χ3v) is 1.42. The Morgan fingerprint density at radius 2 is 2.36 bits per heavy atom. The lowest BCUT2D eigenvalue weighted by molar-refractivity contribution is -0.133. The van der Waals surface area contributed by atoms with Crippen LogP contribution in [0.1, 0.15) is 0 Å². The highest BCUT2D eigenvalue weighted by atomic mass is 79.9. The van der Waals surface area contributed by atoms with Gasteiger partial charge in [-0.1, -0.05) is 15.9 Å². The highest BCUT2D eigenvalue weighted by molar-refractivity contribution is 9.11. The molecule has 5 heteroatoms. The van der Waals surface area contributed by atoms with Gasteiger partial charge in [0.05, 0.1) is 12.2 Å². The van der Waals surface area contributed by atoms with E-state index >= 15 is 0 Å². The molecule has 0 spiro atoms. The molecule has 0 aromatic heterocycles. The van der Waals surface area contributed by atoms with Crippen LogP contribution in [0, 0.1) is 0 Å². The van der Waals surface area contributed by atoms with E-state index in [9.17, 15) is 4.79 Å². The molecule has 0 fully saturated rings. The lowest BCUT2D eigenvalue weighted by Crippen LogP contribution is -2.08. The van der Waals surface area contributed by atoms with Crippen LogP contribution in [-0.2, 0) is 14.3 Å². The minimum absolute atomic E-state index is 0.0361. The van der Waals surface area contributed by atoms with Crippen LogP contribution in [0.4, 0.5) is 0 Å². The van der Waals surface area contributed by atoms with E-state index in [2.05, 4.69) is 20.7 Å². The number of carboxylic acid groups (broad SMARTS) is 1. The molecule has 0 heterocycles. The molecule has 0 rings (SSSR count). The van der Waals surface area contributed by atoms with Crippen LogP contribution in [0.25, 0.3) is 0 Å². The van der Waals surface area contributed by atoms with Crippen molar-refractivity contribution >= 4 is 21.9 Å². The van der Waals surface area contributed by atoms with Crippen molar-refractivity contribution in [2.24, 2.45) is 0 Å². The molecule has 0 saturated carbocycles. The summed E-state index contributed by atoms with van der Waals surface area (Å²) in [5, 5.41) is 8.45. The molecule has 0 aliphatic rings. The maximum Gasteiger partial charge on any atom is 0.334 e. The van der Waals surface area contributed by atoms with Crippen molar-refractivity contribution in [3.05, 3.63) is 10.6 Å². The van der Waals surface area contributed by atoms with Crippen LogP contribution in [0.3, 0.4) is 0 Å². The van der Waals surface area contributed by atoms with Gasteiger partial charge in [0.25, 0.3) is 0 Å². The van der Waals surface area contributed by atoms with Crippen molar-refractivity contribution in [1.29, 1.82) is 0 Å². The molecule has 0 aliphatic heterocycles. The molecule has 1 N–H and O–H groups in total. The van der Waals surface area contributed by atoms with E-state index in [4.69, 9.17) is 9.84 Å². The standard InChI is InChI=1S/C6H9BrO4/c1-10-4-11-3-5(2-7)6(8)9/h2H,3-4H2,1H3,(H,8,9)/b5-2+. The first-order valence-corrected chi connectivity index (χ1v) is 3.73. The highest BCUT2D eigenvalue weighted by Crippen LogP contribution is 1.99. The molecule has 64 valence electrons. The van der Waals surface area contributed by atoms with Gasteiger partial charge in [-0.3, -0.25) is 0 Å². The van der Waals surface area contributed by atoms with E-state index in [-0.39, 0.29) is 19.0 Å². The van der Waals surface area contributed by atoms with Crippen LogP contribution >= 0.6 is 15.9 Å². The van der Waals surface area contributed by atoms with Crippen molar-refractivity contribution in [2.45, 2.75) is 0 Å². The van der Waals surface area contributed by atoms with Gasteiger partial charge < -0.3 is 14.6 Å². The molecule has 0 amide bonds. The lowest BCUT2D eigenvalue weighted by atomic mass is 10.3. The summed E-state index contributed by atoms with van der Waals surface area (Å²) in [5.41, 5.74) is 0.155. The molecule has 0 bridgehead atoms. The summed E-state index contributed by atoms with van der Waals surface area (Å²) in [7, 11) is 1.47. The predicted molar refractivity (Wildman–Crippen MR) is 42.5 cm³/mol. The Balaban J connectivity index is 3.63. The monoisotopic (exact) mass is 224 g/mol. The fourth-order valence-electron chi connectivity index (χ4n) is 0.375. The Hall–Kier alpha value is -0.390. The number of hydrogen-bond acceptors (Lipinski definition) is 3. The smallest absolute Gasteiger partial charge is 0.334 e. The van der Waals surface area contributed by atoms with E-state index < -0.39 is 5.97 Å². The maximum absolute atomic E-state index is 10.3. The Bertz CT molecular complexity index is 155. The summed E-state index contributed by atoms with van der Waals surface area (Å²) < 4.78 is 9.35. The Morgan fingerprint density at radius 3 is 2.73 bits per heavy atom. The van der Waals surface area contributed by atoms with Crippen molar-refractivity contribution in [3.8, 4) is 0 Å². The number of rotatable bonds is 5. The second-order valence-corrected chi connectivity index (χ2v) is 2.15. The maximum atomic E-state index is 10.3. The van der Waals surface area contributed by atoms with E-state index in [0.29, 0.717) is 0 Å². The number of ether oxygens (including phenoxy) is 2. The Morgan fingerprint density at radius 1 is 1.73 bits per heavy atom. The first-order valence-electron chi connectivity index (χ1n) is 2.81. The summed E-state index contributed by atoms with van der Waals surface area (Å²) in [5.74, 6) is -1.00. The van der Waals surface area contributed by atoms with Gasteiger partial charge in [-0.15, -0.1) is 0 Å². The van der Waals surface area contributed by atoms with Gasteiger partial charge in [-0.05, 0) is 4.99 Å². The summed E-state index contributed by atoms with van der Waals surface area (Å²) in [6.45, 7) is 0.131. The van der Waals surface area contributed by atoms with Gasteiger partial charge in [0.1, 0.15) is 6.79 Å². The molecular weight excluding hydrogens is 216 g/mol. The average Bonchev–Trinajstić information content (AvgIpc) is 1.97. The molecule has 0 aliphatic carbocycles. The number of carboxylic acids is 1. The molecule has 0 aromatic carbocycles. The molecule has 0 saturated heterocycles. The Labute approximate surface area is 72.9 Å². The number of carbonyl (C=O) groups is 1.